The Morgan fingerprint density at radius 1 is 1.20 bits per heavy atom. The standard InChI is InChI=1S/C12H11N5O2S/c13-8-2-3-9-10(6-8)17-12(16-9)20(18,19)7-11-14-4-1-5-15-11/h1-6H,7,13H2,(H,16,17). The number of nitrogens with zero attached hydrogens (tertiary/aromatic N) is 3. The van der Waals surface area contributed by atoms with Crippen LogP contribution in [0.3, 0.4) is 0 Å². The van der Waals surface area contributed by atoms with E-state index in [2.05, 4.69) is 19.9 Å². The molecular formula is C12H11N5O2S. The van der Waals surface area contributed by atoms with Crippen molar-refractivity contribution in [3.63, 3.8) is 0 Å². The number of aromatic amines is 1. The largest absolute Gasteiger partial charge is 0.399 e. The molecule has 102 valence electrons. The molecule has 0 saturated heterocycles. The molecule has 0 fully saturated rings. The monoisotopic (exact) mass is 289 g/mol. The Kier molecular flexibility index (Phi) is 2.87. The van der Waals surface area contributed by atoms with Gasteiger partial charge in [0.15, 0.2) is 0 Å². The highest BCUT2D eigenvalue weighted by Crippen LogP contribution is 2.19. The van der Waals surface area contributed by atoms with Gasteiger partial charge >= 0.3 is 0 Å². The number of rotatable bonds is 3. The van der Waals surface area contributed by atoms with E-state index in [0.717, 1.165) is 0 Å². The second kappa shape index (κ2) is 4.57. The molecule has 0 aliphatic carbocycles. The average Bonchev–Trinajstić information content (AvgIpc) is 2.83. The van der Waals surface area contributed by atoms with Gasteiger partial charge in [0.25, 0.3) is 0 Å². The summed E-state index contributed by atoms with van der Waals surface area (Å²) in [5, 5.41) is -0.106. The van der Waals surface area contributed by atoms with E-state index < -0.39 is 9.84 Å². The SMILES string of the molecule is Nc1ccc2nc(S(=O)(=O)Cc3ncccn3)[nH]c2c1. The normalized spacial score (nSPS) is 11.8. The third-order valence-electron chi connectivity index (χ3n) is 2.72. The number of aromatic nitrogens is 4. The molecule has 0 spiro atoms. The predicted molar refractivity (Wildman–Crippen MR) is 73.4 cm³/mol. The van der Waals surface area contributed by atoms with E-state index in [1.54, 1.807) is 24.3 Å². The van der Waals surface area contributed by atoms with Crippen molar-refractivity contribution in [1.29, 1.82) is 0 Å². The molecule has 2 heterocycles. The molecule has 0 aliphatic rings. The van der Waals surface area contributed by atoms with Crippen LogP contribution >= 0.6 is 0 Å². The zero-order valence-electron chi connectivity index (χ0n) is 10.3. The molecule has 0 saturated carbocycles. The Balaban J connectivity index is 2.01. The van der Waals surface area contributed by atoms with Crippen LogP contribution in [0, 0.1) is 0 Å². The lowest BCUT2D eigenvalue weighted by Gasteiger charge is -1.99. The first-order valence-corrected chi connectivity index (χ1v) is 7.44. The summed E-state index contributed by atoms with van der Waals surface area (Å²) in [5.41, 5.74) is 7.32. The van der Waals surface area contributed by atoms with E-state index in [0.29, 0.717) is 16.7 Å². The van der Waals surface area contributed by atoms with Gasteiger partial charge in [-0.05, 0) is 24.3 Å². The van der Waals surface area contributed by atoms with Gasteiger partial charge < -0.3 is 10.7 Å². The number of nitrogens with two attached hydrogens (primary N) is 1. The Hall–Kier alpha value is -2.48. The van der Waals surface area contributed by atoms with Crippen molar-refractivity contribution in [2.75, 3.05) is 5.73 Å². The third-order valence-corrected chi connectivity index (χ3v) is 4.14. The van der Waals surface area contributed by atoms with E-state index in [-0.39, 0.29) is 16.7 Å². The van der Waals surface area contributed by atoms with Gasteiger partial charge in [0.2, 0.25) is 15.0 Å². The lowest BCUT2D eigenvalue weighted by Crippen LogP contribution is -2.09. The van der Waals surface area contributed by atoms with Crippen molar-refractivity contribution < 1.29 is 8.42 Å². The molecule has 3 N–H and O–H groups in total. The van der Waals surface area contributed by atoms with Crippen LogP contribution in [-0.4, -0.2) is 28.4 Å². The molecule has 0 bridgehead atoms. The van der Waals surface area contributed by atoms with Crippen molar-refractivity contribution in [2.45, 2.75) is 10.9 Å². The number of hydrogen-bond acceptors (Lipinski definition) is 6. The lowest BCUT2D eigenvalue weighted by molar-refractivity contribution is 0.587. The second-order valence-electron chi connectivity index (χ2n) is 4.24. The smallest absolute Gasteiger partial charge is 0.226 e. The Bertz CT molecular complexity index is 858. The van der Waals surface area contributed by atoms with Gasteiger partial charge in [-0.1, -0.05) is 0 Å². The summed E-state index contributed by atoms with van der Waals surface area (Å²) in [6.07, 6.45) is 2.99. The van der Waals surface area contributed by atoms with Gasteiger partial charge in [0.1, 0.15) is 11.6 Å². The van der Waals surface area contributed by atoms with E-state index in [4.69, 9.17) is 5.73 Å². The van der Waals surface area contributed by atoms with Crippen LogP contribution in [0.15, 0.2) is 41.8 Å². The predicted octanol–water partition coefficient (Wildman–Crippen LogP) is 0.909. The summed E-state index contributed by atoms with van der Waals surface area (Å²) < 4.78 is 24.5. The number of sulfone groups is 1. The number of nitrogens with one attached hydrogen (secondary N) is 1. The quantitative estimate of drug-likeness (QED) is 0.692. The van der Waals surface area contributed by atoms with E-state index >= 15 is 0 Å². The van der Waals surface area contributed by atoms with Crippen molar-refractivity contribution >= 4 is 26.6 Å². The van der Waals surface area contributed by atoms with Crippen molar-refractivity contribution in [1.82, 2.24) is 19.9 Å². The third kappa shape index (κ3) is 2.32. The molecule has 0 radical (unpaired) electrons. The van der Waals surface area contributed by atoms with Crippen molar-refractivity contribution in [3.8, 4) is 0 Å². The topological polar surface area (TPSA) is 115 Å². The van der Waals surface area contributed by atoms with E-state index in [9.17, 15) is 8.42 Å². The zero-order chi connectivity index (χ0) is 14.2. The highest BCUT2D eigenvalue weighted by atomic mass is 32.2. The number of anilines is 1. The number of benzene rings is 1. The average molecular weight is 289 g/mol. The minimum Gasteiger partial charge on any atom is -0.399 e. The van der Waals surface area contributed by atoms with Crippen molar-refractivity contribution in [2.24, 2.45) is 0 Å². The maximum Gasteiger partial charge on any atom is 0.226 e. The molecule has 3 rings (SSSR count). The second-order valence-corrected chi connectivity index (χ2v) is 6.15. The van der Waals surface area contributed by atoms with Crippen LogP contribution in [0.4, 0.5) is 5.69 Å². The Morgan fingerprint density at radius 2 is 1.95 bits per heavy atom. The molecule has 0 aliphatic heterocycles. The Morgan fingerprint density at radius 3 is 2.70 bits per heavy atom. The van der Waals surface area contributed by atoms with Crippen LogP contribution in [0.25, 0.3) is 11.0 Å². The molecule has 0 amide bonds. The molecule has 20 heavy (non-hydrogen) atoms. The molecule has 0 unspecified atom stereocenters. The number of fused-ring (bicyclic) bond motifs is 1. The van der Waals surface area contributed by atoms with Crippen molar-refractivity contribution in [3.05, 3.63) is 42.5 Å². The maximum atomic E-state index is 12.3. The van der Waals surface area contributed by atoms with Gasteiger partial charge in [-0.2, -0.15) is 0 Å². The number of imidazole rings is 1. The maximum absolute atomic E-state index is 12.3. The van der Waals surface area contributed by atoms with Gasteiger partial charge in [-0.15, -0.1) is 0 Å². The van der Waals surface area contributed by atoms with E-state index in [1.807, 2.05) is 0 Å². The van der Waals surface area contributed by atoms with Crippen LogP contribution in [0.2, 0.25) is 0 Å². The summed E-state index contributed by atoms with van der Waals surface area (Å²) in [6, 6.07) is 6.60. The first-order valence-electron chi connectivity index (χ1n) is 5.78. The first-order chi connectivity index (χ1) is 9.54. The van der Waals surface area contributed by atoms with Gasteiger partial charge in [-0.25, -0.2) is 23.4 Å². The highest BCUT2D eigenvalue weighted by molar-refractivity contribution is 7.90. The van der Waals surface area contributed by atoms with Crippen LogP contribution < -0.4 is 5.73 Å². The number of H-pyrrole nitrogens is 1. The molecule has 2 aromatic heterocycles. The fourth-order valence-electron chi connectivity index (χ4n) is 1.79. The molecular weight excluding hydrogens is 278 g/mol. The highest BCUT2D eigenvalue weighted by Gasteiger charge is 2.21. The summed E-state index contributed by atoms with van der Waals surface area (Å²) in [6.45, 7) is 0. The summed E-state index contributed by atoms with van der Waals surface area (Å²) >= 11 is 0. The van der Waals surface area contributed by atoms with Gasteiger partial charge in [0, 0.05) is 18.1 Å². The fraction of sp³-hybridized carbons (Fsp3) is 0.0833. The minimum absolute atomic E-state index is 0.106. The van der Waals surface area contributed by atoms with Crippen LogP contribution in [0.1, 0.15) is 5.82 Å². The zero-order valence-corrected chi connectivity index (χ0v) is 11.1. The molecule has 1 aromatic carbocycles. The number of nitrogen functional groups attached to an aromatic ring is 1. The fourth-order valence-corrected chi connectivity index (χ4v) is 2.92. The first kappa shape index (κ1) is 12.5. The van der Waals surface area contributed by atoms with Gasteiger partial charge in [-0.3, -0.25) is 0 Å². The molecule has 0 atom stereocenters. The minimum atomic E-state index is -3.62. The van der Waals surface area contributed by atoms with Crippen LogP contribution in [0.5, 0.6) is 0 Å². The summed E-state index contributed by atoms with van der Waals surface area (Å²) in [4.78, 5) is 14.6. The van der Waals surface area contributed by atoms with Gasteiger partial charge in [0.05, 0.1) is 11.0 Å². The Labute approximate surface area is 114 Å². The lowest BCUT2D eigenvalue weighted by atomic mass is 10.3. The van der Waals surface area contributed by atoms with E-state index in [1.165, 1.54) is 12.4 Å². The van der Waals surface area contributed by atoms with Crippen LogP contribution in [-0.2, 0) is 15.6 Å². The molecule has 3 aromatic rings. The summed E-state index contributed by atoms with van der Waals surface area (Å²) in [5.74, 6) is -0.0733. The molecule has 7 nitrogen and oxygen atoms in total. The molecule has 8 heteroatoms. The number of hydrogen-bond donors (Lipinski definition) is 2. The summed E-state index contributed by atoms with van der Waals surface area (Å²) in [7, 11) is -3.62.